The number of aryl methyl sites for hydroxylation is 1. The van der Waals surface area contributed by atoms with E-state index in [-0.39, 0.29) is 11.8 Å². The van der Waals surface area contributed by atoms with E-state index in [0.29, 0.717) is 0 Å². The molecular formula is C15H23NO2S. The fourth-order valence-corrected chi connectivity index (χ4v) is 4.26. The Bertz CT molecular complexity index is 519. The molecule has 0 aromatic heterocycles. The van der Waals surface area contributed by atoms with Gasteiger partial charge in [0.1, 0.15) is 0 Å². The average Bonchev–Trinajstić information content (AvgIpc) is 2.38. The van der Waals surface area contributed by atoms with Crippen molar-refractivity contribution in [2.24, 2.45) is 0 Å². The highest BCUT2D eigenvalue weighted by Gasteiger charge is 2.27. The minimum atomic E-state index is -3.20. The number of benzene rings is 1. The average molecular weight is 281 g/mol. The fraction of sp³-hybridized carbons (Fsp3) is 0.600. The van der Waals surface area contributed by atoms with Gasteiger partial charge in [-0.15, -0.1) is 0 Å². The maximum Gasteiger partial charge on any atom is 0.218 e. The maximum absolute atomic E-state index is 12.4. The van der Waals surface area contributed by atoms with Gasteiger partial charge in [-0.3, -0.25) is 0 Å². The van der Waals surface area contributed by atoms with Crippen molar-refractivity contribution in [3.63, 3.8) is 0 Å². The Balaban J connectivity index is 2.08. The zero-order chi connectivity index (χ0) is 13.9. The van der Waals surface area contributed by atoms with Gasteiger partial charge < -0.3 is 0 Å². The summed E-state index contributed by atoms with van der Waals surface area (Å²) in [6.45, 7) is 1.99. The van der Waals surface area contributed by atoms with Crippen LogP contribution in [0.5, 0.6) is 0 Å². The lowest BCUT2D eigenvalue weighted by Gasteiger charge is -2.30. The molecule has 0 spiro atoms. The van der Waals surface area contributed by atoms with Crippen molar-refractivity contribution in [1.82, 2.24) is 4.31 Å². The molecule has 1 aromatic carbocycles. The molecule has 0 amide bonds. The first-order valence-electron chi connectivity index (χ1n) is 7.00. The molecule has 1 aliphatic rings. The van der Waals surface area contributed by atoms with Crippen molar-refractivity contribution >= 4 is 10.0 Å². The zero-order valence-electron chi connectivity index (χ0n) is 11.8. The third kappa shape index (κ3) is 3.80. The Morgan fingerprint density at radius 1 is 1.21 bits per heavy atom. The highest BCUT2D eigenvalue weighted by molar-refractivity contribution is 7.88. The van der Waals surface area contributed by atoms with Crippen LogP contribution in [0.25, 0.3) is 0 Å². The summed E-state index contributed by atoms with van der Waals surface area (Å²) < 4.78 is 26.5. The lowest BCUT2D eigenvalue weighted by molar-refractivity contribution is 0.285. The minimum absolute atomic E-state index is 0.113. The van der Waals surface area contributed by atoms with Gasteiger partial charge >= 0.3 is 0 Å². The Morgan fingerprint density at radius 2 is 1.89 bits per heavy atom. The first-order valence-corrected chi connectivity index (χ1v) is 8.61. The van der Waals surface area contributed by atoms with Crippen LogP contribution in [-0.4, -0.2) is 25.8 Å². The Kier molecular flexibility index (Phi) is 4.63. The number of sulfonamides is 1. The summed E-state index contributed by atoms with van der Waals surface area (Å²) in [5, 5.41) is 0. The van der Waals surface area contributed by atoms with Gasteiger partial charge in [0.05, 0.1) is 5.75 Å². The largest absolute Gasteiger partial charge is 0.218 e. The van der Waals surface area contributed by atoms with E-state index in [9.17, 15) is 8.42 Å². The number of nitrogens with zero attached hydrogens (tertiary/aromatic N) is 1. The summed E-state index contributed by atoms with van der Waals surface area (Å²) in [5.74, 6) is 0.113. The number of hydrogen-bond donors (Lipinski definition) is 0. The van der Waals surface area contributed by atoms with Crippen LogP contribution in [0.15, 0.2) is 24.3 Å². The third-order valence-electron chi connectivity index (χ3n) is 3.96. The van der Waals surface area contributed by atoms with Gasteiger partial charge in [-0.05, 0) is 25.3 Å². The predicted octanol–water partition coefficient (Wildman–Crippen LogP) is 3.09. The first-order chi connectivity index (χ1) is 8.99. The second-order valence-electron chi connectivity index (χ2n) is 5.55. The fourth-order valence-electron chi connectivity index (χ4n) is 2.79. The molecule has 0 saturated heterocycles. The van der Waals surface area contributed by atoms with Crippen molar-refractivity contribution in [1.29, 1.82) is 0 Å². The van der Waals surface area contributed by atoms with Crippen LogP contribution in [-0.2, 0) is 15.8 Å². The van der Waals surface area contributed by atoms with Gasteiger partial charge in [0, 0.05) is 13.1 Å². The minimum Gasteiger partial charge on any atom is -0.212 e. The summed E-state index contributed by atoms with van der Waals surface area (Å²) in [7, 11) is -1.46. The SMILES string of the molecule is Cc1cccc(CS(=O)(=O)N(C)C2CCCCC2)c1. The van der Waals surface area contributed by atoms with E-state index < -0.39 is 10.0 Å². The molecule has 1 aromatic rings. The standard InChI is InChI=1S/C15H23NO2S/c1-13-7-6-8-14(11-13)12-19(17,18)16(2)15-9-4-3-5-10-15/h6-8,11,15H,3-5,9-10,12H2,1-2H3. The van der Waals surface area contributed by atoms with Crippen molar-refractivity contribution < 1.29 is 8.42 Å². The van der Waals surface area contributed by atoms with Crippen molar-refractivity contribution in [3.05, 3.63) is 35.4 Å². The van der Waals surface area contributed by atoms with Crippen LogP contribution >= 0.6 is 0 Å². The molecule has 0 atom stereocenters. The summed E-state index contributed by atoms with van der Waals surface area (Å²) in [5.41, 5.74) is 1.98. The van der Waals surface area contributed by atoms with Crippen LogP contribution in [0.2, 0.25) is 0 Å². The van der Waals surface area contributed by atoms with Crippen LogP contribution in [0, 0.1) is 6.92 Å². The van der Waals surface area contributed by atoms with Crippen LogP contribution in [0.1, 0.15) is 43.2 Å². The second-order valence-corrected chi connectivity index (χ2v) is 7.58. The molecule has 106 valence electrons. The van der Waals surface area contributed by atoms with Crippen molar-refractivity contribution in [2.75, 3.05) is 7.05 Å². The van der Waals surface area contributed by atoms with E-state index >= 15 is 0 Å². The van der Waals surface area contributed by atoms with E-state index in [0.717, 1.165) is 36.8 Å². The van der Waals surface area contributed by atoms with Gasteiger partial charge in [0.25, 0.3) is 0 Å². The number of rotatable bonds is 4. The molecule has 0 radical (unpaired) electrons. The summed E-state index contributed by atoms with van der Waals surface area (Å²) >= 11 is 0. The van der Waals surface area contributed by atoms with Gasteiger partial charge in [-0.25, -0.2) is 12.7 Å². The zero-order valence-corrected chi connectivity index (χ0v) is 12.6. The molecular weight excluding hydrogens is 258 g/mol. The van der Waals surface area contributed by atoms with E-state index in [1.807, 2.05) is 31.2 Å². The normalized spacial score (nSPS) is 17.8. The molecule has 3 nitrogen and oxygen atoms in total. The van der Waals surface area contributed by atoms with E-state index in [2.05, 4.69) is 0 Å². The molecule has 0 heterocycles. The summed E-state index contributed by atoms with van der Waals surface area (Å²) in [4.78, 5) is 0. The molecule has 1 fully saturated rings. The molecule has 19 heavy (non-hydrogen) atoms. The maximum atomic E-state index is 12.4. The molecule has 4 heteroatoms. The Morgan fingerprint density at radius 3 is 2.53 bits per heavy atom. The molecule has 2 rings (SSSR count). The summed E-state index contributed by atoms with van der Waals surface area (Å²) in [6, 6.07) is 7.94. The van der Waals surface area contributed by atoms with Gasteiger partial charge in [0.15, 0.2) is 0 Å². The highest BCUT2D eigenvalue weighted by Crippen LogP contribution is 2.24. The second kappa shape index (κ2) is 6.06. The Hall–Kier alpha value is -0.870. The summed E-state index contributed by atoms with van der Waals surface area (Å²) in [6.07, 6.45) is 5.54. The van der Waals surface area contributed by atoms with Crippen molar-refractivity contribution in [3.8, 4) is 0 Å². The monoisotopic (exact) mass is 281 g/mol. The van der Waals surface area contributed by atoms with Crippen LogP contribution < -0.4 is 0 Å². The lowest BCUT2D eigenvalue weighted by Crippen LogP contribution is -2.38. The van der Waals surface area contributed by atoms with Crippen LogP contribution in [0.4, 0.5) is 0 Å². The molecule has 1 aliphatic carbocycles. The molecule has 0 bridgehead atoms. The molecule has 0 unspecified atom stereocenters. The lowest BCUT2D eigenvalue weighted by atomic mass is 9.96. The smallest absolute Gasteiger partial charge is 0.212 e. The Labute approximate surface area is 116 Å². The highest BCUT2D eigenvalue weighted by atomic mass is 32.2. The first kappa shape index (κ1) is 14.5. The third-order valence-corrected chi connectivity index (χ3v) is 5.83. The van der Waals surface area contributed by atoms with Crippen molar-refractivity contribution in [2.45, 2.75) is 50.8 Å². The molecule has 1 saturated carbocycles. The van der Waals surface area contributed by atoms with E-state index in [1.165, 1.54) is 6.42 Å². The van der Waals surface area contributed by atoms with Gasteiger partial charge in [-0.1, -0.05) is 49.1 Å². The topological polar surface area (TPSA) is 37.4 Å². The van der Waals surface area contributed by atoms with Gasteiger partial charge in [-0.2, -0.15) is 0 Å². The van der Waals surface area contributed by atoms with Gasteiger partial charge in [0.2, 0.25) is 10.0 Å². The quantitative estimate of drug-likeness (QED) is 0.850. The van der Waals surface area contributed by atoms with Crippen LogP contribution in [0.3, 0.4) is 0 Å². The number of hydrogen-bond acceptors (Lipinski definition) is 2. The van der Waals surface area contributed by atoms with E-state index in [1.54, 1.807) is 11.4 Å². The molecule has 0 N–H and O–H groups in total. The predicted molar refractivity (Wildman–Crippen MR) is 78.4 cm³/mol. The molecule has 0 aliphatic heterocycles. The van der Waals surface area contributed by atoms with E-state index in [4.69, 9.17) is 0 Å².